The SMILES string of the molecule is Fc1ccc(CNC2CC[N]C2)c(F)c1. The van der Waals surface area contributed by atoms with Gasteiger partial charge in [-0.15, -0.1) is 0 Å². The lowest BCUT2D eigenvalue weighted by molar-refractivity contribution is 0.519. The molecule has 4 heteroatoms. The van der Waals surface area contributed by atoms with Gasteiger partial charge in [-0.2, -0.15) is 0 Å². The van der Waals surface area contributed by atoms with E-state index >= 15 is 0 Å². The van der Waals surface area contributed by atoms with Gasteiger partial charge in [0.1, 0.15) is 11.6 Å². The maximum atomic E-state index is 13.2. The second kappa shape index (κ2) is 4.68. The molecule has 0 saturated carbocycles. The molecule has 1 aliphatic rings. The van der Waals surface area contributed by atoms with Crippen LogP contribution in [0.5, 0.6) is 0 Å². The molecule has 1 N–H and O–H groups in total. The zero-order valence-corrected chi connectivity index (χ0v) is 8.34. The first-order valence-corrected chi connectivity index (χ1v) is 5.06. The summed E-state index contributed by atoms with van der Waals surface area (Å²) in [5, 5.41) is 7.40. The minimum atomic E-state index is -0.535. The van der Waals surface area contributed by atoms with Crippen molar-refractivity contribution in [3.63, 3.8) is 0 Å². The molecule has 15 heavy (non-hydrogen) atoms. The molecule has 1 aromatic carbocycles. The van der Waals surface area contributed by atoms with E-state index in [4.69, 9.17) is 0 Å². The van der Waals surface area contributed by atoms with Gasteiger partial charge in [0.15, 0.2) is 0 Å². The smallest absolute Gasteiger partial charge is 0.130 e. The second-order valence-corrected chi connectivity index (χ2v) is 3.73. The number of hydrogen-bond acceptors (Lipinski definition) is 1. The van der Waals surface area contributed by atoms with Crippen LogP contribution < -0.4 is 10.6 Å². The van der Waals surface area contributed by atoms with Crippen molar-refractivity contribution < 1.29 is 8.78 Å². The maximum absolute atomic E-state index is 13.2. The summed E-state index contributed by atoms with van der Waals surface area (Å²) >= 11 is 0. The minimum absolute atomic E-state index is 0.342. The highest BCUT2D eigenvalue weighted by Crippen LogP contribution is 2.10. The average Bonchev–Trinajstić information content (AvgIpc) is 2.69. The predicted octanol–water partition coefficient (Wildman–Crippen LogP) is 1.43. The van der Waals surface area contributed by atoms with Crippen LogP contribution in [0.3, 0.4) is 0 Å². The Morgan fingerprint density at radius 3 is 2.93 bits per heavy atom. The summed E-state index contributed by atoms with van der Waals surface area (Å²) in [5.41, 5.74) is 0.503. The fourth-order valence-corrected chi connectivity index (χ4v) is 1.67. The third-order valence-electron chi connectivity index (χ3n) is 2.58. The standard InChI is InChI=1S/C11H13F2N2/c12-9-2-1-8(11(13)5-9)6-15-10-3-4-14-7-10/h1-2,5,10,15H,3-4,6-7H2. The molecule has 2 rings (SSSR count). The fourth-order valence-electron chi connectivity index (χ4n) is 1.67. The van der Waals surface area contributed by atoms with Crippen molar-refractivity contribution in [1.29, 1.82) is 0 Å². The van der Waals surface area contributed by atoms with E-state index in [0.717, 1.165) is 25.6 Å². The van der Waals surface area contributed by atoms with Gasteiger partial charge in [-0.05, 0) is 12.5 Å². The summed E-state index contributed by atoms with van der Waals surface area (Å²) in [4.78, 5) is 0. The van der Waals surface area contributed by atoms with Crippen molar-refractivity contribution in [3.8, 4) is 0 Å². The van der Waals surface area contributed by atoms with Crippen molar-refractivity contribution in [1.82, 2.24) is 10.6 Å². The third kappa shape index (κ3) is 2.73. The van der Waals surface area contributed by atoms with E-state index in [2.05, 4.69) is 10.6 Å². The Morgan fingerprint density at radius 2 is 2.27 bits per heavy atom. The van der Waals surface area contributed by atoms with Gasteiger partial charge in [0.2, 0.25) is 0 Å². The Morgan fingerprint density at radius 1 is 1.40 bits per heavy atom. The molecular weight excluding hydrogens is 198 g/mol. The van der Waals surface area contributed by atoms with Gasteiger partial charge in [0.25, 0.3) is 0 Å². The summed E-state index contributed by atoms with van der Waals surface area (Å²) in [6.45, 7) is 2.11. The van der Waals surface area contributed by atoms with Crippen LogP contribution in [-0.2, 0) is 6.54 Å². The molecule has 0 amide bonds. The first-order valence-electron chi connectivity index (χ1n) is 5.06. The Kier molecular flexibility index (Phi) is 3.28. The normalized spacial score (nSPS) is 20.8. The molecule has 1 saturated heterocycles. The van der Waals surface area contributed by atoms with Crippen LogP contribution in [0.1, 0.15) is 12.0 Å². The lowest BCUT2D eigenvalue weighted by atomic mass is 10.2. The predicted molar refractivity (Wildman–Crippen MR) is 53.5 cm³/mol. The maximum Gasteiger partial charge on any atom is 0.130 e. The lowest BCUT2D eigenvalue weighted by Crippen LogP contribution is -2.29. The van der Waals surface area contributed by atoms with Crippen molar-refractivity contribution in [3.05, 3.63) is 35.4 Å². The van der Waals surface area contributed by atoms with Crippen LogP contribution in [0.2, 0.25) is 0 Å². The fraction of sp³-hybridized carbons (Fsp3) is 0.455. The summed E-state index contributed by atoms with van der Waals surface area (Å²) in [7, 11) is 0. The highest BCUT2D eigenvalue weighted by Gasteiger charge is 2.15. The van der Waals surface area contributed by atoms with Crippen LogP contribution in [0, 0.1) is 11.6 Å². The Hall–Kier alpha value is -1.00. The topological polar surface area (TPSA) is 26.1 Å². The second-order valence-electron chi connectivity index (χ2n) is 3.73. The number of halogens is 2. The number of hydrogen-bond donors (Lipinski definition) is 1. The van der Waals surface area contributed by atoms with Crippen LogP contribution >= 0.6 is 0 Å². The molecule has 1 radical (unpaired) electrons. The molecule has 0 bridgehead atoms. The summed E-state index contributed by atoms with van der Waals surface area (Å²) in [6, 6.07) is 4.01. The van der Waals surface area contributed by atoms with E-state index in [9.17, 15) is 8.78 Å². The summed E-state index contributed by atoms with van der Waals surface area (Å²) < 4.78 is 25.8. The van der Waals surface area contributed by atoms with Gasteiger partial charge >= 0.3 is 0 Å². The Labute approximate surface area is 87.7 Å². The average molecular weight is 211 g/mol. The summed E-state index contributed by atoms with van der Waals surface area (Å²) in [5.74, 6) is -1.02. The third-order valence-corrected chi connectivity index (χ3v) is 2.58. The van der Waals surface area contributed by atoms with E-state index in [1.165, 1.54) is 12.1 Å². The van der Waals surface area contributed by atoms with Gasteiger partial charge in [-0.1, -0.05) is 6.07 Å². The van der Waals surface area contributed by atoms with Gasteiger partial charge < -0.3 is 5.32 Å². The molecule has 2 nitrogen and oxygen atoms in total. The van der Waals surface area contributed by atoms with Crippen LogP contribution in [0.25, 0.3) is 0 Å². The molecule has 81 valence electrons. The first-order chi connectivity index (χ1) is 7.25. The van der Waals surface area contributed by atoms with Crippen LogP contribution in [0.15, 0.2) is 18.2 Å². The van der Waals surface area contributed by atoms with Gasteiger partial charge in [-0.25, -0.2) is 14.1 Å². The van der Waals surface area contributed by atoms with Crippen molar-refractivity contribution >= 4 is 0 Å². The molecule has 1 unspecified atom stereocenters. The van der Waals surface area contributed by atoms with Crippen LogP contribution in [0.4, 0.5) is 8.78 Å². The molecule has 1 heterocycles. The molecule has 1 aromatic rings. The minimum Gasteiger partial charge on any atom is -0.308 e. The lowest BCUT2D eigenvalue weighted by Gasteiger charge is -2.11. The quantitative estimate of drug-likeness (QED) is 0.804. The zero-order chi connectivity index (χ0) is 10.7. The molecule has 0 spiro atoms. The highest BCUT2D eigenvalue weighted by atomic mass is 19.1. The molecule has 1 atom stereocenters. The van der Waals surface area contributed by atoms with Crippen molar-refractivity contribution in [2.45, 2.75) is 19.0 Å². The molecule has 1 aliphatic heterocycles. The number of rotatable bonds is 3. The monoisotopic (exact) mass is 211 g/mol. The van der Waals surface area contributed by atoms with E-state index < -0.39 is 11.6 Å². The van der Waals surface area contributed by atoms with Crippen molar-refractivity contribution in [2.75, 3.05) is 13.1 Å². The van der Waals surface area contributed by atoms with Gasteiger partial charge in [0, 0.05) is 37.3 Å². The number of nitrogens with zero attached hydrogens (tertiary/aromatic N) is 1. The first kappa shape index (κ1) is 10.5. The number of benzene rings is 1. The highest BCUT2D eigenvalue weighted by molar-refractivity contribution is 5.18. The van der Waals surface area contributed by atoms with Gasteiger partial charge in [0.05, 0.1) is 0 Å². The van der Waals surface area contributed by atoms with E-state index in [1.807, 2.05) is 0 Å². The molecule has 0 aromatic heterocycles. The zero-order valence-electron chi connectivity index (χ0n) is 8.34. The Bertz CT molecular complexity index is 335. The molecule has 1 fully saturated rings. The Balaban J connectivity index is 1.92. The molecule has 0 aliphatic carbocycles. The van der Waals surface area contributed by atoms with E-state index in [1.54, 1.807) is 0 Å². The van der Waals surface area contributed by atoms with E-state index in [-0.39, 0.29) is 0 Å². The summed E-state index contributed by atoms with van der Waals surface area (Å²) in [6.07, 6.45) is 1.00. The van der Waals surface area contributed by atoms with E-state index in [0.29, 0.717) is 18.2 Å². The number of nitrogens with one attached hydrogen (secondary N) is 1. The molecular formula is C11H13F2N2. The van der Waals surface area contributed by atoms with Crippen molar-refractivity contribution in [2.24, 2.45) is 0 Å². The van der Waals surface area contributed by atoms with Crippen LogP contribution in [-0.4, -0.2) is 19.1 Å². The van der Waals surface area contributed by atoms with Gasteiger partial charge in [-0.3, -0.25) is 0 Å². The largest absolute Gasteiger partial charge is 0.308 e.